The van der Waals surface area contributed by atoms with Gasteiger partial charge in [-0.25, -0.2) is 0 Å². The molecule has 1 aliphatic heterocycles. The Labute approximate surface area is 109 Å². The maximum atomic E-state index is 4.59. The van der Waals surface area contributed by atoms with E-state index in [-0.39, 0.29) is 0 Å². The molecule has 16 heavy (non-hydrogen) atoms. The molecule has 0 bridgehead atoms. The van der Waals surface area contributed by atoms with Crippen molar-refractivity contribution in [2.75, 3.05) is 5.75 Å². The number of nitrogens with one attached hydrogen (secondary N) is 1. The Kier molecular flexibility index (Phi) is 4.29. The third kappa shape index (κ3) is 3.52. The summed E-state index contributed by atoms with van der Waals surface area (Å²) in [6, 6.07) is 8.87. The second-order valence-electron chi connectivity index (χ2n) is 3.93. The molecule has 0 saturated carbocycles. The predicted molar refractivity (Wildman–Crippen MR) is 75.0 cm³/mol. The maximum Gasteiger partial charge on any atom is 0.157 e. The zero-order valence-corrected chi connectivity index (χ0v) is 11.6. The van der Waals surface area contributed by atoms with E-state index < -0.39 is 0 Å². The van der Waals surface area contributed by atoms with Crippen molar-refractivity contribution in [3.8, 4) is 0 Å². The average molecular weight is 299 g/mol. The van der Waals surface area contributed by atoms with Gasteiger partial charge in [0.15, 0.2) is 5.17 Å². The quantitative estimate of drug-likeness (QED) is 0.905. The van der Waals surface area contributed by atoms with Crippen LogP contribution in [0.25, 0.3) is 0 Å². The molecule has 0 aromatic heterocycles. The molecule has 1 aliphatic rings. The molecule has 1 N–H and O–H groups in total. The van der Waals surface area contributed by atoms with Gasteiger partial charge in [0.05, 0.1) is 6.54 Å². The van der Waals surface area contributed by atoms with Gasteiger partial charge in [-0.1, -0.05) is 39.8 Å². The van der Waals surface area contributed by atoms with Gasteiger partial charge in [0.1, 0.15) is 0 Å². The third-order valence-corrected chi connectivity index (χ3v) is 3.97. The lowest BCUT2D eigenvalue weighted by molar-refractivity contribution is 0.642. The number of halogens is 1. The molecule has 0 aliphatic carbocycles. The Balaban J connectivity index is 1.95. The highest BCUT2D eigenvalue weighted by atomic mass is 79.9. The average Bonchev–Trinajstić information content (AvgIpc) is 2.28. The second-order valence-corrected chi connectivity index (χ2v) is 5.93. The van der Waals surface area contributed by atoms with Crippen LogP contribution < -0.4 is 5.32 Å². The van der Waals surface area contributed by atoms with Crippen LogP contribution in [0.4, 0.5) is 0 Å². The van der Waals surface area contributed by atoms with E-state index in [2.05, 4.69) is 57.4 Å². The molecule has 1 fully saturated rings. The van der Waals surface area contributed by atoms with Crippen molar-refractivity contribution in [3.63, 3.8) is 0 Å². The molecular formula is C12H15BrN2S. The smallest absolute Gasteiger partial charge is 0.157 e. The molecule has 1 unspecified atom stereocenters. The normalized spacial score (nSPS) is 23.1. The highest BCUT2D eigenvalue weighted by molar-refractivity contribution is 9.10. The summed E-state index contributed by atoms with van der Waals surface area (Å²) in [7, 11) is 0. The molecule has 0 spiro atoms. The summed E-state index contributed by atoms with van der Waals surface area (Å²) in [5.74, 6) is 1.17. The molecular weight excluding hydrogens is 284 g/mol. The largest absolute Gasteiger partial charge is 0.362 e. The molecule has 2 nitrogen and oxygen atoms in total. The number of aliphatic imine (C=N–C) groups is 1. The van der Waals surface area contributed by atoms with Gasteiger partial charge < -0.3 is 5.32 Å². The number of amidine groups is 1. The predicted octanol–water partition coefficient (Wildman–Crippen LogP) is 3.42. The van der Waals surface area contributed by atoms with Crippen LogP contribution in [0.1, 0.15) is 18.9 Å². The first kappa shape index (κ1) is 12.0. The first-order valence-electron chi connectivity index (χ1n) is 5.42. The fourth-order valence-electron chi connectivity index (χ4n) is 1.50. The van der Waals surface area contributed by atoms with E-state index >= 15 is 0 Å². The molecule has 0 amide bonds. The van der Waals surface area contributed by atoms with Crippen LogP contribution in [0.15, 0.2) is 33.7 Å². The van der Waals surface area contributed by atoms with Gasteiger partial charge in [-0.05, 0) is 31.0 Å². The Morgan fingerprint density at radius 3 is 2.88 bits per heavy atom. The van der Waals surface area contributed by atoms with E-state index in [0.717, 1.165) is 16.2 Å². The van der Waals surface area contributed by atoms with Crippen LogP contribution >= 0.6 is 27.7 Å². The number of nitrogens with zero attached hydrogens (tertiary/aromatic N) is 1. The fourth-order valence-corrected chi connectivity index (χ4v) is 2.87. The Morgan fingerprint density at radius 2 is 2.19 bits per heavy atom. The van der Waals surface area contributed by atoms with Crippen LogP contribution in [-0.4, -0.2) is 17.0 Å². The van der Waals surface area contributed by atoms with Crippen LogP contribution in [0, 0.1) is 0 Å². The lowest BCUT2D eigenvalue weighted by atomic mass is 10.2. The SMILES string of the molecule is CC1CCSC(=NCc2ccc(Br)cc2)N1. The van der Waals surface area contributed by atoms with Crippen LogP contribution in [0.3, 0.4) is 0 Å². The van der Waals surface area contributed by atoms with Crippen molar-refractivity contribution in [1.82, 2.24) is 5.32 Å². The highest BCUT2D eigenvalue weighted by Crippen LogP contribution is 2.15. The molecule has 1 saturated heterocycles. The van der Waals surface area contributed by atoms with Crippen molar-refractivity contribution >= 4 is 32.9 Å². The number of benzene rings is 1. The van der Waals surface area contributed by atoms with E-state index in [0.29, 0.717) is 6.04 Å². The molecule has 4 heteroatoms. The number of thioether (sulfide) groups is 1. The van der Waals surface area contributed by atoms with E-state index in [4.69, 9.17) is 0 Å². The van der Waals surface area contributed by atoms with Gasteiger partial charge in [-0.15, -0.1) is 0 Å². The van der Waals surface area contributed by atoms with E-state index in [1.807, 2.05) is 11.8 Å². The topological polar surface area (TPSA) is 24.4 Å². The molecule has 86 valence electrons. The summed E-state index contributed by atoms with van der Waals surface area (Å²) in [5, 5.41) is 4.49. The van der Waals surface area contributed by atoms with Crippen molar-refractivity contribution in [2.24, 2.45) is 4.99 Å². The zero-order valence-electron chi connectivity index (χ0n) is 9.24. The minimum atomic E-state index is 0.560. The summed E-state index contributed by atoms with van der Waals surface area (Å²) >= 11 is 5.25. The van der Waals surface area contributed by atoms with Crippen LogP contribution in [0.2, 0.25) is 0 Å². The summed E-state index contributed by atoms with van der Waals surface area (Å²) in [5.41, 5.74) is 1.25. The Morgan fingerprint density at radius 1 is 1.44 bits per heavy atom. The summed E-state index contributed by atoms with van der Waals surface area (Å²) in [4.78, 5) is 4.59. The molecule has 1 heterocycles. The Bertz CT molecular complexity index is 375. The third-order valence-electron chi connectivity index (χ3n) is 2.48. The molecule has 2 rings (SSSR count). The summed E-state index contributed by atoms with van der Waals surface area (Å²) in [6.07, 6.45) is 1.22. The fraction of sp³-hybridized carbons (Fsp3) is 0.417. The standard InChI is InChI=1S/C12H15BrN2S/c1-9-6-7-16-12(15-9)14-8-10-2-4-11(13)5-3-10/h2-5,9H,6-8H2,1H3,(H,14,15). The number of hydrogen-bond donors (Lipinski definition) is 1. The van der Waals surface area contributed by atoms with Crippen molar-refractivity contribution in [3.05, 3.63) is 34.3 Å². The van der Waals surface area contributed by atoms with E-state index in [9.17, 15) is 0 Å². The van der Waals surface area contributed by atoms with Gasteiger partial charge >= 0.3 is 0 Å². The minimum absolute atomic E-state index is 0.560. The number of rotatable bonds is 2. The van der Waals surface area contributed by atoms with E-state index in [1.54, 1.807) is 0 Å². The first-order valence-corrected chi connectivity index (χ1v) is 7.20. The lowest BCUT2D eigenvalue weighted by Gasteiger charge is -2.21. The van der Waals surface area contributed by atoms with Crippen molar-refractivity contribution < 1.29 is 0 Å². The van der Waals surface area contributed by atoms with Crippen molar-refractivity contribution in [2.45, 2.75) is 25.9 Å². The second kappa shape index (κ2) is 5.73. The van der Waals surface area contributed by atoms with E-state index in [1.165, 1.54) is 17.7 Å². The zero-order chi connectivity index (χ0) is 11.4. The Hall–Kier alpha value is -0.480. The first-order chi connectivity index (χ1) is 7.74. The van der Waals surface area contributed by atoms with Crippen LogP contribution in [0.5, 0.6) is 0 Å². The molecule has 1 atom stereocenters. The monoisotopic (exact) mass is 298 g/mol. The van der Waals surface area contributed by atoms with Crippen molar-refractivity contribution in [1.29, 1.82) is 0 Å². The van der Waals surface area contributed by atoms with Gasteiger partial charge in [0.2, 0.25) is 0 Å². The van der Waals surface area contributed by atoms with Gasteiger partial charge in [-0.2, -0.15) is 0 Å². The molecule has 1 aromatic rings. The minimum Gasteiger partial charge on any atom is -0.362 e. The van der Waals surface area contributed by atoms with Crippen LogP contribution in [-0.2, 0) is 6.54 Å². The van der Waals surface area contributed by atoms with Gasteiger partial charge in [0, 0.05) is 16.3 Å². The lowest BCUT2D eigenvalue weighted by Crippen LogP contribution is -2.35. The number of hydrogen-bond acceptors (Lipinski definition) is 2. The highest BCUT2D eigenvalue weighted by Gasteiger charge is 2.12. The van der Waals surface area contributed by atoms with Gasteiger partial charge in [-0.3, -0.25) is 4.99 Å². The molecule has 1 aromatic carbocycles. The maximum absolute atomic E-state index is 4.59. The summed E-state index contributed by atoms with van der Waals surface area (Å²) < 4.78 is 1.11. The molecule has 0 radical (unpaired) electrons. The van der Waals surface area contributed by atoms with Gasteiger partial charge in [0.25, 0.3) is 0 Å². The summed E-state index contributed by atoms with van der Waals surface area (Å²) in [6.45, 7) is 2.96.